The van der Waals surface area contributed by atoms with E-state index in [4.69, 9.17) is 14.2 Å². The van der Waals surface area contributed by atoms with Crippen LogP contribution < -0.4 is 0 Å². The molecule has 0 N–H and O–H groups in total. The summed E-state index contributed by atoms with van der Waals surface area (Å²) in [5, 5.41) is 0. The number of benzene rings is 1. The van der Waals surface area contributed by atoms with Crippen molar-refractivity contribution in [3.63, 3.8) is 0 Å². The van der Waals surface area contributed by atoms with Gasteiger partial charge in [0.1, 0.15) is 12.2 Å². The van der Waals surface area contributed by atoms with Crippen LogP contribution in [0.25, 0.3) is 0 Å². The van der Waals surface area contributed by atoms with Crippen molar-refractivity contribution in [3.8, 4) is 0 Å². The molecule has 2 aliphatic rings. The molecule has 14 heavy (non-hydrogen) atoms. The zero-order valence-corrected chi connectivity index (χ0v) is 7.76. The average Bonchev–Trinajstić information content (AvgIpc) is 2.87. The summed E-state index contributed by atoms with van der Waals surface area (Å²) in [4.78, 5) is 0. The quantitative estimate of drug-likeness (QED) is 0.665. The average molecular weight is 192 g/mol. The molecule has 0 aromatic heterocycles. The lowest BCUT2D eigenvalue weighted by atomic mass is 10.1. The zero-order valence-electron chi connectivity index (χ0n) is 7.76. The highest BCUT2D eigenvalue weighted by Crippen LogP contribution is 2.42. The minimum absolute atomic E-state index is 0.0971. The van der Waals surface area contributed by atoms with Crippen LogP contribution in [0.15, 0.2) is 30.3 Å². The van der Waals surface area contributed by atoms with Gasteiger partial charge in [-0.15, -0.1) is 0 Å². The second-order valence-electron chi connectivity index (χ2n) is 3.54. The molecule has 3 heteroatoms. The van der Waals surface area contributed by atoms with Gasteiger partial charge in [0.2, 0.25) is 0 Å². The molecule has 3 nitrogen and oxygen atoms in total. The second kappa shape index (κ2) is 3.35. The molecule has 0 aliphatic carbocycles. The van der Waals surface area contributed by atoms with Crippen molar-refractivity contribution in [1.29, 1.82) is 0 Å². The van der Waals surface area contributed by atoms with E-state index in [1.54, 1.807) is 0 Å². The summed E-state index contributed by atoms with van der Waals surface area (Å²) in [6.45, 7) is 1.37. The minimum Gasteiger partial charge on any atom is -0.359 e. The van der Waals surface area contributed by atoms with E-state index in [1.807, 2.05) is 18.2 Å². The first-order chi connectivity index (χ1) is 6.95. The van der Waals surface area contributed by atoms with Gasteiger partial charge in [0.15, 0.2) is 6.29 Å². The molecular weight excluding hydrogens is 180 g/mol. The maximum Gasteiger partial charge on any atom is 0.186 e. The topological polar surface area (TPSA) is 31.0 Å². The molecule has 2 heterocycles. The van der Waals surface area contributed by atoms with Gasteiger partial charge in [0, 0.05) is 0 Å². The van der Waals surface area contributed by atoms with Crippen molar-refractivity contribution in [2.24, 2.45) is 0 Å². The van der Waals surface area contributed by atoms with E-state index in [2.05, 4.69) is 12.1 Å². The fourth-order valence-corrected chi connectivity index (χ4v) is 1.81. The van der Waals surface area contributed by atoms with Gasteiger partial charge in [-0.1, -0.05) is 30.3 Å². The van der Waals surface area contributed by atoms with Crippen molar-refractivity contribution in [3.05, 3.63) is 35.9 Å². The summed E-state index contributed by atoms with van der Waals surface area (Å²) < 4.78 is 16.3. The maximum absolute atomic E-state index is 5.54. The molecular formula is C11H12O3. The summed E-state index contributed by atoms with van der Waals surface area (Å²) in [7, 11) is 0. The lowest BCUT2D eigenvalue weighted by Crippen LogP contribution is -2.15. The molecule has 0 saturated carbocycles. The van der Waals surface area contributed by atoms with Crippen molar-refractivity contribution in [2.75, 3.05) is 13.2 Å². The Morgan fingerprint density at radius 1 is 1.00 bits per heavy atom. The van der Waals surface area contributed by atoms with Gasteiger partial charge >= 0.3 is 0 Å². The molecule has 3 rings (SSSR count). The summed E-state index contributed by atoms with van der Waals surface area (Å²) in [6, 6.07) is 10.2. The van der Waals surface area contributed by atoms with Gasteiger partial charge in [-0.25, -0.2) is 0 Å². The lowest BCUT2D eigenvalue weighted by Gasteiger charge is -2.03. The molecule has 0 amide bonds. The highest BCUT2D eigenvalue weighted by molar-refractivity contribution is 5.22. The summed E-state index contributed by atoms with van der Waals surface area (Å²) >= 11 is 0. The number of ether oxygens (including phenoxy) is 3. The third-order valence-electron chi connectivity index (χ3n) is 2.57. The van der Waals surface area contributed by atoms with Crippen LogP contribution >= 0.6 is 0 Å². The van der Waals surface area contributed by atoms with E-state index in [0.29, 0.717) is 13.2 Å². The SMILES string of the molecule is c1ccc(C2OC2C2OCCO2)cc1. The Kier molecular flexibility index (Phi) is 2.01. The van der Waals surface area contributed by atoms with Crippen molar-refractivity contribution < 1.29 is 14.2 Å². The number of epoxide rings is 1. The normalized spacial score (nSPS) is 32.0. The molecule has 2 aliphatic heterocycles. The predicted molar refractivity (Wildman–Crippen MR) is 49.7 cm³/mol. The van der Waals surface area contributed by atoms with E-state index in [9.17, 15) is 0 Å². The van der Waals surface area contributed by atoms with Crippen LogP contribution in [0.3, 0.4) is 0 Å². The van der Waals surface area contributed by atoms with Crippen LogP contribution in [0.5, 0.6) is 0 Å². The van der Waals surface area contributed by atoms with Gasteiger partial charge in [0.25, 0.3) is 0 Å². The smallest absolute Gasteiger partial charge is 0.186 e. The lowest BCUT2D eigenvalue weighted by molar-refractivity contribution is -0.0590. The van der Waals surface area contributed by atoms with E-state index in [0.717, 1.165) is 0 Å². The van der Waals surface area contributed by atoms with E-state index in [-0.39, 0.29) is 18.5 Å². The Morgan fingerprint density at radius 2 is 1.71 bits per heavy atom. The first-order valence-corrected chi connectivity index (χ1v) is 4.89. The van der Waals surface area contributed by atoms with Gasteiger partial charge in [-0.05, 0) is 5.56 Å². The molecule has 2 atom stereocenters. The van der Waals surface area contributed by atoms with Crippen molar-refractivity contribution in [2.45, 2.75) is 18.5 Å². The van der Waals surface area contributed by atoms with Crippen LogP contribution in [0.4, 0.5) is 0 Å². The molecule has 74 valence electrons. The summed E-state index contributed by atoms with van der Waals surface area (Å²) in [6.07, 6.45) is 0.111. The van der Waals surface area contributed by atoms with Gasteiger partial charge < -0.3 is 14.2 Å². The van der Waals surface area contributed by atoms with Crippen molar-refractivity contribution in [1.82, 2.24) is 0 Å². The molecule has 0 bridgehead atoms. The highest BCUT2D eigenvalue weighted by Gasteiger charge is 2.48. The Balaban J connectivity index is 1.68. The summed E-state index contributed by atoms with van der Waals surface area (Å²) in [5.74, 6) is 0. The number of hydrogen-bond donors (Lipinski definition) is 0. The predicted octanol–water partition coefficient (Wildman–Crippen LogP) is 1.50. The Morgan fingerprint density at radius 3 is 2.43 bits per heavy atom. The standard InChI is InChI=1S/C11H12O3/c1-2-4-8(5-3-1)9-10(14-9)11-12-6-7-13-11/h1-5,9-11H,6-7H2. The third-order valence-corrected chi connectivity index (χ3v) is 2.57. The number of rotatable bonds is 2. The highest BCUT2D eigenvalue weighted by atomic mass is 16.8. The fraction of sp³-hybridized carbons (Fsp3) is 0.455. The Bertz CT molecular complexity index is 306. The molecule has 1 aromatic carbocycles. The molecule has 0 radical (unpaired) electrons. The second-order valence-corrected chi connectivity index (χ2v) is 3.54. The molecule has 0 spiro atoms. The summed E-state index contributed by atoms with van der Waals surface area (Å²) in [5.41, 5.74) is 1.21. The van der Waals surface area contributed by atoms with Crippen LogP contribution in [0.2, 0.25) is 0 Å². The van der Waals surface area contributed by atoms with E-state index >= 15 is 0 Å². The third kappa shape index (κ3) is 1.43. The number of hydrogen-bond acceptors (Lipinski definition) is 3. The van der Waals surface area contributed by atoms with Crippen LogP contribution in [-0.4, -0.2) is 25.6 Å². The fourth-order valence-electron chi connectivity index (χ4n) is 1.81. The van der Waals surface area contributed by atoms with E-state index < -0.39 is 0 Å². The molecule has 2 fully saturated rings. The first-order valence-electron chi connectivity index (χ1n) is 4.89. The van der Waals surface area contributed by atoms with E-state index in [1.165, 1.54) is 5.56 Å². The van der Waals surface area contributed by atoms with Crippen LogP contribution in [-0.2, 0) is 14.2 Å². The monoisotopic (exact) mass is 192 g/mol. The maximum atomic E-state index is 5.54. The first kappa shape index (κ1) is 8.41. The minimum atomic E-state index is -0.153. The van der Waals surface area contributed by atoms with Gasteiger partial charge in [-0.3, -0.25) is 0 Å². The van der Waals surface area contributed by atoms with Gasteiger partial charge in [0.05, 0.1) is 13.2 Å². The van der Waals surface area contributed by atoms with Crippen LogP contribution in [0.1, 0.15) is 11.7 Å². The molecule has 2 unspecified atom stereocenters. The van der Waals surface area contributed by atoms with Crippen LogP contribution in [0, 0.1) is 0 Å². The Labute approximate surface area is 82.6 Å². The van der Waals surface area contributed by atoms with Crippen molar-refractivity contribution >= 4 is 0 Å². The molecule has 2 saturated heterocycles. The van der Waals surface area contributed by atoms with Gasteiger partial charge in [-0.2, -0.15) is 0 Å². The molecule has 1 aromatic rings. The largest absolute Gasteiger partial charge is 0.359 e. The Hall–Kier alpha value is -0.900. The zero-order chi connectivity index (χ0) is 9.38.